The Labute approximate surface area is 347 Å². The number of carbonyl (C=O) groups is 4. The standard InChI is InChI=1S/C43H64N4O10S/c1-12-32-43(8)36(47(41(52)57-43)20-16-14-17-29-23-58-38(45-29)30-18-13-15-19-44-30)26(4)33(48)24(2)22-42(7,53-11)37(27(5)34(49)28(6)39(51)55-32)56-40-35(50)31(46(9)10)21-25(3)54-40/h13,15,18-19,23-28,31-32,35-37,40,50H,12,14,16-17,20-22H2,1-11H3/t24-,25+,26+,27+,28-,31-,32-,35+,36-,37-,40-,42-,43-/m1/s1. The molecule has 0 radical (unpaired) electrons. The molecule has 5 rings (SSSR count). The van der Waals surface area contributed by atoms with Crippen molar-refractivity contribution in [1.82, 2.24) is 19.8 Å². The first kappa shape index (κ1) is 45.7. The van der Waals surface area contributed by atoms with Crippen LogP contribution in [-0.4, -0.2) is 130 Å². The molecule has 0 aliphatic carbocycles. The average Bonchev–Trinajstić information content (AvgIpc) is 3.78. The number of ether oxygens (including phenoxy) is 5. The molecule has 13 atom stereocenters. The first-order valence-corrected chi connectivity index (χ1v) is 21.6. The highest BCUT2D eigenvalue weighted by Gasteiger charge is 2.60. The number of amides is 1. The number of carbonyl (C=O) groups excluding carboxylic acids is 4. The fraction of sp³-hybridized carbons (Fsp3) is 0.721. The Morgan fingerprint density at radius 2 is 1.76 bits per heavy atom. The minimum atomic E-state index is -1.40. The summed E-state index contributed by atoms with van der Waals surface area (Å²) in [6, 6.07) is 4.65. The third-order valence-electron chi connectivity index (χ3n) is 12.7. The Balaban J connectivity index is 1.43. The quantitative estimate of drug-likeness (QED) is 0.166. The number of hydrogen-bond acceptors (Lipinski definition) is 14. The van der Waals surface area contributed by atoms with Crippen molar-refractivity contribution in [3.63, 3.8) is 0 Å². The molecule has 1 N–H and O–H groups in total. The van der Waals surface area contributed by atoms with E-state index in [1.165, 1.54) is 25.4 Å². The van der Waals surface area contributed by atoms with Crippen molar-refractivity contribution in [3.05, 3.63) is 35.5 Å². The fourth-order valence-corrected chi connectivity index (χ4v) is 10.2. The maximum Gasteiger partial charge on any atom is 0.410 e. The van der Waals surface area contributed by atoms with Gasteiger partial charge in [-0.3, -0.25) is 19.4 Å². The number of likely N-dealkylation sites (N-methyl/N-ethyl adjacent to an activating group) is 1. The largest absolute Gasteiger partial charge is 0.458 e. The number of cyclic esters (lactones) is 1. The lowest BCUT2D eigenvalue weighted by atomic mass is 9.73. The van der Waals surface area contributed by atoms with Crippen molar-refractivity contribution in [2.24, 2.45) is 23.7 Å². The second kappa shape index (κ2) is 18.9. The van der Waals surface area contributed by atoms with Crippen LogP contribution in [0.5, 0.6) is 0 Å². The molecule has 3 aliphatic rings. The molecule has 2 aromatic rings. The second-order valence-electron chi connectivity index (χ2n) is 17.2. The monoisotopic (exact) mass is 828 g/mol. The van der Waals surface area contributed by atoms with Crippen LogP contribution in [0.4, 0.5) is 4.79 Å². The summed E-state index contributed by atoms with van der Waals surface area (Å²) in [5.41, 5.74) is -0.910. The zero-order valence-electron chi connectivity index (χ0n) is 36.0. The van der Waals surface area contributed by atoms with Crippen LogP contribution in [-0.2, 0) is 44.5 Å². The van der Waals surface area contributed by atoms with E-state index in [0.717, 1.165) is 22.8 Å². The molecular weight excluding hydrogens is 765 g/mol. The number of esters is 1. The van der Waals surface area contributed by atoms with Gasteiger partial charge < -0.3 is 38.6 Å². The zero-order chi connectivity index (χ0) is 42.7. The number of ketones is 2. The Bertz CT molecular complexity index is 1740. The lowest BCUT2D eigenvalue weighted by Crippen LogP contribution is -2.60. The van der Waals surface area contributed by atoms with Crippen LogP contribution in [0, 0.1) is 23.7 Å². The summed E-state index contributed by atoms with van der Waals surface area (Å²) in [4.78, 5) is 69.5. The van der Waals surface area contributed by atoms with Gasteiger partial charge >= 0.3 is 12.1 Å². The minimum absolute atomic E-state index is 0.132. The molecule has 3 aliphatic heterocycles. The number of methoxy groups -OCH3 is 1. The summed E-state index contributed by atoms with van der Waals surface area (Å²) in [5, 5.41) is 14.3. The molecule has 3 fully saturated rings. The predicted octanol–water partition coefficient (Wildman–Crippen LogP) is 5.73. The lowest BCUT2D eigenvalue weighted by molar-refractivity contribution is -0.295. The minimum Gasteiger partial charge on any atom is -0.458 e. The lowest BCUT2D eigenvalue weighted by Gasteiger charge is -2.47. The molecule has 14 nitrogen and oxygen atoms in total. The van der Waals surface area contributed by atoms with Crippen LogP contribution in [0.2, 0.25) is 0 Å². The number of unbranched alkanes of at least 4 members (excludes halogenated alkanes) is 1. The van der Waals surface area contributed by atoms with E-state index in [9.17, 15) is 24.3 Å². The number of aliphatic hydroxyl groups is 1. The molecule has 3 saturated heterocycles. The number of thiazole rings is 1. The number of fused-ring (bicyclic) bond motifs is 1. The number of aromatic nitrogens is 2. The van der Waals surface area contributed by atoms with E-state index in [1.807, 2.05) is 63.3 Å². The van der Waals surface area contributed by atoms with Crippen molar-refractivity contribution < 1.29 is 48.0 Å². The highest BCUT2D eigenvalue weighted by Crippen LogP contribution is 2.43. The molecule has 2 aromatic heterocycles. The predicted molar refractivity (Wildman–Crippen MR) is 218 cm³/mol. The van der Waals surface area contributed by atoms with Gasteiger partial charge in [-0.1, -0.05) is 33.8 Å². The molecule has 0 unspecified atom stereocenters. The van der Waals surface area contributed by atoms with Gasteiger partial charge in [0, 0.05) is 49.0 Å². The Morgan fingerprint density at radius 1 is 1.03 bits per heavy atom. The van der Waals surface area contributed by atoms with Gasteiger partial charge in [-0.2, -0.15) is 0 Å². The molecular formula is C43H64N4O10S. The molecule has 1 amide bonds. The highest BCUT2D eigenvalue weighted by atomic mass is 32.1. The van der Waals surface area contributed by atoms with Crippen molar-refractivity contribution in [3.8, 4) is 10.7 Å². The van der Waals surface area contributed by atoms with E-state index in [-0.39, 0.29) is 30.8 Å². The normalized spacial score (nSPS) is 36.7. The van der Waals surface area contributed by atoms with E-state index >= 15 is 0 Å². The van der Waals surface area contributed by atoms with Gasteiger partial charge in [0.05, 0.1) is 35.2 Å². The van der Waals surface area contributed by atoms with Crippen molar-refractivity contribution in [2.75, 3.05) is 27.7 Å². The molecule has 0 bridgehead atoms. The van der Waals surface area contributed by atoms with E-state index < -0.39 is 83.4 Å². The zero-order valence-corrected chi connectivity index (χ0v) is 36.8. The maximum absolute atomic E-state index is 14.7. The molecule has 5 heterocycles. The van der Waals surface area contributed by atoms with E-state index in [0.29, 0.717) is 25.8 Å². The summed E-state index contributed by atoms with van der Waals surface area (Å²) in [6.45, 7) is 14.3. The molecule has 0 aromatic carbocycles. The van der Waals surface area contributed by atoms with Crippen molar-refractivity contribution in [2.45, 2.75) is 148 Å². The third-order valence-corrected chi connectivity index (χ3v) is 13.6. The van der Waals surface area contributed by atoms with Crippen molar-refractivity contribution in [1.29, 1.82) is 0 Å². The first-order valence-electron chi connectivity index (χ1n) is 20.7. The second-order valence-corrected chi connectivity index (χ2v) is 18.1. The number of hydrogen-bond donors (Lipinski definition) is 1. The molecule has 0 saturated carbocycles. The summed E-state index contributed by atoms with van der Waals surface area (Å²) in [5.74, 6) is -4.93. The van der Waals surface area contributed by atoms with E-state index in [1.54, 1.807) is 38.8 Å². The molecule has 0 spiro atoms. The van der Waals surface area contributed by atoms with Crippen LogP contribution in [0.1, 0.15) is 93.2 Å². The van der Waals surface area contributed by atoms with Gasteiger partial charge in [-0.15, -0.1) is 11.3 Å². The maximum atomic E-state index is 14.7. The third kappa shape index (κ3) is 9.49. The van der Waals surface area contributed by atoms with Gasteiger partial charge in [-0.25, -0.2) is 9.78 Å². The van der Waals surface area contributed by atoms with Gasteiger partial charge in [-0.05, 0) is 92.4 Å². The summed E-state index contributed by atoms with van der Waals surface area (Å²) in [6.07, 6.45) is -0.275. The summed E-state index contributed by atoms with van der Waals surface area (Å²) < 4.78 is 31.2. The Morgan fingerprint density at radius 3 is 2.40 bits per heavy atom. The topological polar surface area (TPSA) is 167 Å². The van der Waals surface area contributed by atoms with E-state index in [4.69, 9.17) is 28.7 Å². The van der Waals surface area contributed by atoms with Crippen molar-refractivity contribution >= 4 is 35.0 Å². The van der Waals surface area contributed by atoms with Crippen LogP contribution in [0.3, 0.4) is 0 Å². The first-order chi connectivity index (χ1) is 27.4. The number of pyridine rings is 1. The van der Waals surface area contributed by atoms with Gasteiger partial charge in [0.1, 0.15) is 28.9 Å². The number of rotatable bonds is 11. The van der Waals surface area contributed by atoms with Crippen LogP contribution in [0.25, 0.3) is 10.7 Å². The smallest absolute Gasteiger partial charge is 0.410 e. The number of aliphatic hydroxyl groups excluding tert-OH is 1. The average molecular weight is 829 g/mol. The van der Waals surface area contributed by atoms with E-state index in [2.05, 4.69) is 4.98 Å². The SMILES string of the molecule is CC[C@H]1OC(=O)[C@H](C)C(=O)[C@H](C)[C@@H](O[C@H]2O[C@@H](C)C[C@@H](N(C)C)[C@@H]2O)[C@](C)(OC)C[C@@H](C)C(=O)[C@H](C)[C@H]2N(CCCCc3csc(-c4ccccn4)n3)C(=O)O[C@]12C. The summed E-state index contributed by atoms with van der Waals surface area (Å²) >= 11 is 1.54. The van der Waals surface area contributed by atoms with Crippen LogP contribution in [0.15, 0.2) is 29.8 Å². The Hall–Kier alpha value is -3.34. The molecule has 58 heavy (non-hydrogen) atoms. The van der Waals surface area contributed by atoms with Crippen LogP contribution >= 0.6 is 11.3 Å². The Kier molecular flexibility index (Phi) is 14.9. The number of aryl methyl sites for hydroxylation is 1. The summed E-state index contributed by atoms with van der Waals surface area (Å²) in [7, 11) is 5.24. The highest BCUT2D eigenvalue weighted by molar-refractivity contribution is 7.13. The molecule has 322 valence electrons. The van der Waals surface area contributed by atoms with Gasteiger partial charge in [0.15, 0.2) is 17.7 Å². The fourth-order valence-electron chi connectivity index (χ4n) is 9.33. The van der Waals surface area contributed by atoms with Gasteiger partial charge in [0.2, 0.25) is 0 Å². The molecule has 15 heteroatoms. The number of Topliss-reactive ketones (excluding diaryl/α,β-unsaturated/α-hetero) is 2. The van der Waals surface area contributed by atoms with Gasteiger partial charge in [0.25, 0.3) is 0 Å². The number of nitrogens with zero attached hydrogens (tertiary/aromatic N) is 4. The van der Waals surface area contributed by atoms with Crippen LogP contribution < -0.4 is 0 Å².